The molecule has 0 spiro atoms. The molecular formula is C15H29N3O. The van der Waals surface area contributed by atoms with Crippen LogP contribution in [0.15, 0.2) is 0 Å². The summed E-state index contributed by atoms with van der Waals surface area (Å²) in [5.41, 5.74) is 5.90. The predicted molar refractivity (Wildman–Crippen MR) is 77.8 cm³/mol. The minimum atomic E-state index is 0.232. The van der Waals surface area contributed by atoms with Crippen molar-refractivity contribution >= 4 is 5.91 Å². The molecular weight excluding hydrogens is 238 g/mol. The summed E-state index contributed by atoms with van der Waals surface area (Å²) >= 11 is 0. The van der Waals surface area contributed by atoms with Crippen molar-refractivity contribution in [2.45, 2.75) is 63.5 Å². The van der Waals surface area contributed by atoms with Gasteiger partial charge in [0.2, 0.25) is 5.91 Å². The second-order valence-electron chi connectivity index (χ2n) is 6.40. The van der Waals surface area contributed by atoms with Gasteiger partial charge in [-0.05, 0) is 64.5 Å². The van der Waals surface area contributed by atoms with Crippen LogP contribution in [-0.4, -0.2) is 43.0 Å². The largest absolute Gasteiger partial charge is 0.355 e. The molecule has 0 bridgehead atoms. The highest BCUT2D eigenvalue weighted by Crippen LogP contribution is 2.26. The molecule has 1 aliphatic carbocycles. The molecule has 4 nitrogen and oxygen atoms in total. The van der Waals surface area contributed by atoms with Crippen LogP contribution in [0.25, 0.3) is 0 Å². The normalized spacial score (nSPS) is 32.4. The SMILES string of the molecule is CN1CCCC1CNC(=O)CCC1CCC(N)CC1. The highest BCUT2D eigenvalue weighted by atomic mass is 16.1. The molecule has 2 rings (SSSR count). The second-order valence-corrected chi connectivity index (χ2v) is 6.40. The Hall–Kier alpha value is -0.610. The zero-order valence-corrected chi connectivity index (χ0v) is 12.2. The van der Waals surface area contributed by atoms with Crippen molar-refractivity contribution in [3.8, 4) is 0 Å². The maximum atomic E-state index is 11.9. The van der Waals surface area contributed by atoms with Crippen LogP contribution in [0.4, 0.5) is 0 Å². The van der Waals surface area contributed by atoms with Crippen molar-refractivity contribution in [1.29, 1.82) is 0 Å². The quantitative estimate of drug-likeness (QED) is 0.793. The number of nitrogens with two attached hydrogens (primary N) is 1. The van der Waals surface area contributed by atoms with Crippen LogP contribution < -0.4 is 11.1 Å². The molecule has 1 amide bonds. The van der Waals surface area contributed by atoms with Gasteiger partial charge < -0.3 is 16.0 Å². The van der Waals surface area contributed by atoms with E-state index in [0.717, 1.165) is 31.7 Å². The monoisotopic (exact) mass is 267 g/mol. The van der Waals surface area contributed by atoms with Crippen LogP contribution in [0.1, 0.15) is 51.4 Å². The average Bonchev–Trinajstić information content (AvgIpc) is 2.81. The van der Waals surface area contributed by atoms with Gasteiger partial charge in [0.25, 0.3) is 0 Å². The van der Waals surface area contributed by atoms with E-state index in [0.29, 0.717) is 18.5 Å². The van der Waals surface area contributed by atoms with Crippen molar-refractivity contribution < 1.29 is 4.79 Å². The van der Waals surface area contributed by atoms with E-state index in [-0.39, 0.29) is 5.91 Å². The van der Waals surface area contributed by atoms with Crippen LogP contribution in [0.5, 0.6) is 0 Å². The Morgan fingerprint density at radius 3 is 2.63 bits per heavy atom. The lowest BCUT2D eigenvalue weighted by Crippen LogP contribution is -2.38. The fourth-order valence-electron chi connectivity index (χ4n) is 3.37. The van der Waals surface area contributed by atoms with Gasteiger partial charge in [-0.3, -0.25) is 4.79 Å². The summed E-state index contributed by atoms with van der Waals surface area (Å²) in [6, 6.07) is 0.958. The third-order valence-corrected chi connectivity index (χ3v) is 4.88. The van der Waals surface area contributed by atoms with Crippen molar-refractivity contribution in [2.24, 2.45) is 11.7 Å². The molecule has 3 N–H and O–H groups in total. The summed E-state index contributed by atoms with van der Waals surface area (Å²) in [7, 11) is 2.15. The number of nitrogens with one attached hydrogen (secondary N) is 1. The number of rotatable bonds is 5. The number of nitrogens with zero attached hydrogens (tertiary/aromatic N) is 1. The zero-order valence-electron chi connectivity index (χ0n) is 12.2. The van der Waals surface area contributed by atoms with Crippen molar-refractivity contribution in [2.75, 3.05) is 20.1 Å². The number of amides is 1. The summed E-state index contributed by atoms with van der Waals surface area (Å²) < 4.78 is 0. The zero-order chi connectivity index (χ0) is 13.7. The van der Waals surface area contributed by atoms with Gasteiger partial charge in [0.05, 0.1) is 0 Å². The lowest BCUT2D eigenvalue weighted by Gasteiger charge is -2.26. The average molecular weight is 267 g/mol. The number of carbonyl (C=O) groups excluding carboxylic acids is 1. The van der Waals surface area contributed by atoms with Crippen LogP contribution in [0.3, 0.4) is 0 Å². The van der Waals surface area contributed by atoms with E-state index in [2.05, 4.69) is 17.3 Å². The Balaban J connectivity index is 1.57. The summed E-state index contributed by atoms with van der Waals surface area (Å²) in [5.74, 6) is 0.954. The minimum absolute atomic E-state index is 0.232. The fourth-order valence-corrected chi connectivity index (χ4v) is 3.37. The van der Waals surface area contributed by atoms with Crippen LogP contribution >= 0.6 is 0 Å². The number of hydrogen-bond acceptors (Lipinski definition) is 3. The standard InChI is InChI=1S/C15H29N3O/c1-18-10-2-3-14(18)11-17-15(19)9-6-12-4-7-13(16)8-5-12/h12-14H,2-11,16H2,1H3,(H,17,19). The highest BCUT2D eigenvalue weighted by molar-refractivity contribution is 5.75. The molecule has 110 valence electrons. The predicted octanol–water partition coefficient (Wildman–Crippen LogP) is 1.49. The van der Waals surface area contributed by atoms with Gasteiger partial charge in [-0.15, -0.1) is 0 Å². The lowest BCUT2D eigenvalue weighted by molar-refractivity contribution is -0.121. The first-order chi connectivity index (χ1) is 9.15. The molecule has 1 heterocycles. The molecule has 0 radical (unpaired) electrons. The maximum Gasteiger partial charge on any atom is 0.220 e. The number of hydrogen-bond donors (Lipinski definition) is 2. The summed E-state index contributed by atoms with van der Waals surface area (Å²) in [6.07, 6.45) is 8.91. The van der Waals surface area contributed by atoms with E-state index in [9.17, 15) is 4.79 Å². The van der Waals surface area contributed by atoms with Crippen molar-refractivity contribution in [3.05, 3.63) is 0 Å². The number of likely N-dealkylation sites (tertiary alicyclic amines) is 1. The fraction of sp³-hybridized carbons (Fsp3) is 0.933. The smallest absolute Gasteiger partial charge is 0.220 e. The molecule has 0 aromatic carbocycles. The Morgan fingerprint density at radius 2 is 2.00 bits per heavy atom. The van der Waals surface area contributed by atoms with Gasteiger partial charge in [-0.1, -0.05) is 0 Å². The van der Waals surface area contributed by atoms with Gasteiger partial charge in [0.15, 0.2) is 0 Å². The topological polar surface area (TPSA) is 58.4 Å². The molecule has 1 saturated heterocycles. The molecule has 2 fully saturated rings. The molecule has 0 aromatic rings. The third kappa shape index (κ3) is 4.77. The molecule has 1 unspecified atom stereocenters. The molecule has 1 aliphatic heterocycles. The van der Waals surface area contributed by atoms with Crippen LogP contribution in [-0.2, 0) is 4.79 Å². The van der Waals surface area contributed by atoms with E-state index >= 15 is 0 Å². The van der Waals surface area contributed by atoms with Gasteiger partial charge >= 0.3 is 0 Å². The molecule has 1 atom stereocenters. The Kier molecular flexibility index (Phi) is 5.64. The van der Waals surface area contributed by atoms with Gasteiger partial charge in [0, 0.05) is 25.0 Å². The van der Waals surface area contributed by atoms with Gasteiger partial charge in [0.1, 0.15) is 0 Å². The Bertz CT molecular complexity index is 287. The van der Waals surface area contributed by atoms with E-state index in [1.807, 2.05) is 0 Å². The van der Waals surface area contributed by atoms with Gasteiger partial charge in [-0.25, -0.2) is 0 Å². The summed E-state index contributed by atoms with van der Waals surface area (Å²) in [4.78, 5) is 14.2. The number of likely N-dealkylation sites (N-methyl/N-ethyl adjacent to an activating group) is 1. The first-order valence-corrected chi connectivity index (χ1v) is 7.87. The second kappa shape index (κ2) is 7.25. The molecule has 1 saturated carbocycles. The van der Waals surface area contributed by atoms with Crippen molar-refractivity contribution in [1.82, 2.24) is 10.2 Å². The van der Waals surface area contributed by atoms with E-state index in [4.69, 9.17) is 5.73 Å². The lowest BCUT2D eigenvalue weighted by atomic mass is 9.84. The molecule has 4 heteroatoms. The van der Waals surface area contributed by atoms with Crippen LogP contribution in [0.2, 0.25) is 0 Å². The van der Waals surface area contributed by atoms with Gasteiger partial charge in [-0.2, -0.15) is 0 Å². The summed E-state index contributed by atoms with van der Waals surface area (Å²) in [5, 5.41) is 3.10. The number of carbonyl (C=O) groups is 1. The molecule has 0 aromatic heterocycles. The summed E-state index contributed by atoms with van der Waals surface area (Å²) in [6.45, 7) is 1.99. The van der Waals surface area contributed by atoms with E-state index in [1.54, 1.807) is 0 Å². The Labute approximate surface area is 117 Å². The minimum Gasteiger partial charge on any atom is -0.355 e. The van der Waals surface area contributed by atoms with E-state index < -0.39 is 0 Å². The maximum absolute atomic E-state index is 11.9. The molecule has 19 heavy (non-hydrogen) atoms. The highest BCUT2D eigenvalue weighted by Gasteiger charge is 2.22. The Morgan fingerprint density at radius 1 is 1.26 bits per heavy atom. The van der Waals surface area contributed by atoms with Crippen molar-refractivity contribution in [3.63, 3.8) is 0 Å². The first-order valence-electron chi connectivity index (χ1n) is 7.87. The van der Waals surface area contributed by atoms with E-state index in [1.165, 1.54) is 32.2 Å². The van der Waals surface area contributed by atoms with Crippen LogP contribution in [0, 0.1) is 5.92 Å². The molecule has 2 aliphatic rings. The first kappa shape index (κ1) is 14.8. The third-order valence-electron chi connectivity index (χ3n) is 4.88.